The van der Waals surface area contributed by atoms with Crippen LogP contribution in [0.4, 0.5) is 4.39 Å². The predicted molar refractivity (Wildman–Crippen MR) is 74.3 cm³/mol. The smallest absolute Gasteiger partial charge is 0.336 e. The number of aromatic carboxylic acids is 2. The first kappa shape index (κ1) is 14.7. The minimum atomic E-state index is -1.19. The third-order valence-corrected chi connectivity index (χ3v) is 3.31. The molecular formula is C16H13FO4. The Hall–Kier alpha value is -2.69. The summed E-state index contributed by atoms with van der Waals surface area (Å²) in [6, 6.07) is 8.26. The predicted octanol–water partition coefficient (Wildman–Crippen LogP) is 3.12. The summed E-state index contributed by atoms with van der Waals surface area (Å²) >= 11 is 0. The van der Waals surface area contributed by atoms with Crippen molar-refractivity contribution in [2.24, 2.45) is 0 Å². The topological polar surface area (TPSA) is 74.6 Å². The maximum Gasteiger partial charge on any atom is 0.336 e. The summed E-state index contributed by atoms with van der Waals surface area (Å²) in [7, 11) is 0. The summed E-state index contributed by atoms with van der Waals surface area (Å²) in [5.41, 5.74) is 1.43. The molecule has 0 fully saturated rings. The SMILES string of the molecule is Cc1cc(F)ccc1Cc1c(C(=O)O)cccc1C(=O)O. The maximum absolute atomic E-state index is 13.1. The molecule has 0 aliphatic rings. The average Bonchev–Trinajstić information content (AvgIpc) is 2.41. The molecule has 0 radical (unpaired) electrons. The second-order valence-electron chi connectivity index (χ2n) is 4.69. The highest BCUT2D eigenvalue weighted by Gasteiger charge is 2.18. The first-order valence-electron chi connectivity index (χ1n) is 6.23. The minimum Gasteiger partial charge on any atom is -0.478 e. The highest BCUT2D eigenvalue weighted by atomic mass is 19.1. The van der Waals surface area contributed by atoms with Crippen LogP contribution >= 0.6 is 0 Å². The largest absolute Gasteiger partial charge is 0.478 e. The van der Waals surface area contributed by atoms with Gasteiger partial charge in [0, 0.05) is 0 Å². The zero-order valence-corrected chi connectivity index (χ0v) is 11.3. The van der Waals surface area contributed by atoms with Crippen LogP contribution in [0.25, 0.3) is 0 Å². The number of hydrogen-bond donors (Lipinski definition) is 2. The molecule has 0 saturated heterocycles. The molecule has 0 spiro atoms. The molecule has 2 rings (SSSR count). The van der Waals surface area contributed by atoms with Crippen molar-refractivity contribution in [3.63, 3.8) is 0 Å². The van der Waals surface area contributed by atoms with Crippen molar-refractivity contribution in [1.29, 1.82) is 0 Å². The average molecular weight is 288 g/mol. The van der Waals surface area contributed by atoms with E-state index in [-0.39, 0.29) is 28.9 Å². The fraction of sp³-hybridized carbons (Fsp3) is 0.125. The van der Waals surface area contributed by atoms with Gasteiger partial charge in [-0.2, -0.15) is 0 Å². The molecule has 21 heavy (non-hydrogen) atoms. The van der Waals surface area contributed by atoms with Crippen molar-refractivity contribution in [3.8, 4) is 0 Å². The summed E-state index contributed by atoms with van der Waals surface area (Å²) in [6.45, 7) is 1.70. The number of hydrogen-bond acceptors (Lipinski definition) is 2. The highest BCUT2D eigenvalue weighted by Crippen LogP contribution is 2.22. The normalized spacial score (nSPS) is 10.4. The Morgan fingerprint density at radius 1 is 1.05 bits per heavy atom. The fourth-order valence-electron chi connectivity index (χ4n) is 2.23. The van der Waals surface area contributed by atoms with E-state index < -0.39 is 11.9 Å². The molecule has 0 unspecified atom stereocenters. The van der Waals surface area contributed by atoms with Gasteiger partial charge in [0.05, 0.1) is 11.1 Å². The van der Waals surface area contributed by atoms with Gasteiger partial charge in [0.2, 0.25) is 0 Å². The van der Waals surface area contributed by atoms with Crippen LogP contribution in [0, 0.1) is 12.7 Å². The van der Waals surface area contributed by atoms with Crippen LogP contribution in [-0.4, -0.2) is 22.2 Å². The molecule has 2 N–H and O–H groups in total. The Balaban J connectivity index is 2.56. The fourth-order valence-corrected chi connectivity index (χ4v) is 2.23. The standard InChI is InChI=1S/C16H13FO4/c1-9-7-11(17)6-5-10(9)8-14-12(15(18)19)3-2-4-13(14)16(20)21/h2-7H,8H2,1H3,(H,18,19)(H,20,21). The lowest BCUT2D eigenvalue weighted by Gasteiger charge is -2.12. The monoisotopic (exact) mass is 288 g/mol. The van der Waals surface area contributed by atoms with E-state index in [0.29, 0.717) is 11.1 Å². The number of halogens is 1. The Bertz CT molecular complexity index is 690. The van der Waals surface area contributed by atoms with Crippen LogP contribution in [0.1, 0.15) is 37.4 Å². The molecule has 4 nitrogen and oxygen atoms in total. The lowest BCUT2D eigenvalue weighted by atomic mass is 9.93. The first-order valence-corrected chi connectivity index (χ1v) is 6.23. The second kappa shape index (κ2) is 5.75. The van der Waals surface area contributed by atoms with Crippen LogP contribution in [-0.2, 0) is 6.42 Å². The van der Waals surface area contributed by atoms with Gasteiger partial charge < -0.3 is 10.2 Å². The summed E-state index contributed by atoms with van der Waals surface area (Å²) in [6.07, 6.45) is 0.121. The van der Waals surface area contributed by atoms with Gasteiger partial charge in [-0.05, 0) is 54.3 Å². The molecule has 108 valence electrons. The summed E-state index contributed by atoms with van der Waals surface area (Å²) in [4.78, 5) is 22.5. The molecule has 0 amide bonds. The molecule has 0 heterocycles. The third kappa shape index (κ3) is 3.08. The third-order valence-electron chi connectivity index (χ3n) is 3.31. The molecule has 0 saturated carbocycles. The van der Waals surface area contributed by atoms with E-state index in [4.69, 9.17) is 0 Å². The number of carboxylic acids is 2. The van der Waals surface area contributed by atoms with E-state index >= 15 is 0 Å². The van der Waals surface area contributed by atoms with Crippen molar-refractivity contribution in [3.05, 3.63) is 70.0 Å². The zero-order chi connectivity index (χ0) is 15.6. The maximum atomic E-state index is 13.1. The molecule has 0 aliphatic heterocycles. The summed E-state index contributed by atoms with van der Waals surface area (Å²) < 4.78 is 13.1. The van der Waals surface area contributed by atoms with E-state index in [9.17, 15) is 24.2 Å². The van der Waals surface area contributed by atoms with Crippen molar-refractivity contribution in [1.82, 2.24) is 0 Å². The van der Waals surface area contributed by atoms with Gasteiger partial charge in [-0.25, -0.2) is 14.0 Å². The molecule has 2 aromatic carbocycles. The van der Waals surface area contributed by atoms with Crippen molar-refractivity contribution >= 4 is 11.9 Å². The number of benzene rings is 2. The molecule has 0 aromatic heterocycles. The molecule has 2 aromatic rings. The minimum absolute atomic E-state index is 0.0568. The van der Waals surface area contributed by atoms with Crippen LogP contribution in [0.2, 0.25) is 0 Å². The van der Waals surface area contributed by atoms with Gasteiger partial charge in [0.1, 0.15) is 5.82 Å². The number of carbonyl (C=O) groups is 2. The van der Waals surface area contributed by atoms with Crippen LogP contribution in [0.5, 0.6) is 0 Å². The quantitative estimate of drug-likeness (QED) is 0.906. The Kier molecular flexibility index (Phi) is 4.03. The van der Waals surface area contributed by atoms with Crippen LogP contribution in [0.3, 0.4) is 0 Å². The van der Waals surface area contributed by atoms with Gasteiger partial charge in [-0.15, -0.1) is 0 Å². The Labute approximate surface area is 120 Å². The van der Waals surface area contributed by atoms with E-state index in [2.05, 4.69) is 0 Å². The summed E-state index contributed by atoms with van der Waals surface area (Å²) in [5, 5.41) is 18.4. The van der Waals surface area contributed by atoms with Gasteiger partial charge in [-0.1, -0.05) is 12.1 Å². The van der Waals surface area contributed by atoms with Crippen molar-refractivity contribution in [2.45, 2.75) is 13.3 Å². The number of rotatable bonds is 4. The lowest BCUT2D eigenvalue weighted by molar-refractivity contribution is 0.0696. The van der Waals surface area contributed by atoms with Gasteiger partial charge in [-0.3, -0.25) is 0 Å². The molecule has 0 aliphatic carbocycles. The van der Waals surface area contributed by atoms with Gasteiger partial charge in [0.15, 0.2) is 0 Å². The van der Waals surface area contributed by atoms with E-state index in [0.717, 1.165) is 0 Å². The highest BCUT2D eigenvalue weighted by molar-refractivity contribution is 5.96. The Morgan fingerprint density at radius 3 is 2.10 bits per heavy atom. The van der Waals surface area contributed by atoms with E-state index in [1.165, 1.54) is 36.4 Å². The van der Waals surface area contributed by atoms with E-state index in [1.807, 2.05) is 0 Å². The Morgan fingerprint density at radius 2 is 1.62 bits per heavy atom. The number of carboxylic acid groups (broad SMARTS) is 2. The van der Waals surface area contributed by atoms with Crippen molar-refractivity contribution in [2.75, 3.05) is 0 Å². The van der Waals surface area contributed by atoms with Gasteiger partial charge in [0.25, 0.3) is 0 Å². The lowest BCUT2D eigenvalue weighted by Crippen LogP contribution is -2.11. The van der Waals surface area contributed by atoms with Gasteiger partial charge >= 0.3 is 11.9 Å². The first-order chi connectivity index (χ1) is 9.90. The molecule has 0 atom stereocenters. The zero-order valence-electron chi connectivity index (χ0n) is 11.3. The van der Waals surface area contributed by atoms with Crippen LogP contribution < -0.4 is 0 Å². The molecule has 5 heteroatoms. The molecular weight excluding hydrogens is 275 g/mol. The summed E-state index contributed by atoms with van der Waals surface area (Å²) in [5.74, 6) is -2.76. The number of aryl methyl sites for hydroxylation is 1. The second-order valence-corrected chi connectivity index (χ2v) is 4.69. The van der Waals surface area contributed by atoms with E-state index in [1.54, 1.807) is 6.92 Å². The van der Waals surface area contributed by atoms with Crippen LogP contribution in [0.15, 0.2) is 36.4 Å². The molecule has 0 bridgehead atoms. The van der Waals surface area contributed by atoms with Crippen molar-refractivity contribution < 1.29 is 24.2 Å².